The second kappa shape index (κ2) is 9.74. The zero-order chi connectivity index (χ0) is 27.4. The van der Waals surface area contributed by atoms with E-state index in [1.54, 1.807) is 16.2 Å². The Labute approximate surface area is 237 Å². The Kier molecular flexibility index (Phi) is 6.16. The fourth-order valence-electron chi connectivity index (χ4n) is 5.93. The summed E-state index contributed by atoms with van der Waals surface area (Å²) < 4.78 is 8.13. The standard InChI is InChI=1S/C31H34N6O2S/c1-31(2,3)39-30(38)37-13-5-7-25(37)29-34-17-24(36-29)19-9-11-21-20-10-8-18(14-26(20)40-27(21)15-19)23-16-33-28(35-23)22-6-4-12-32-22/h8-11,14-17,22,25,32H,4-7,12-13H2,1-3H3,(H,33,35)(H,34,36)/t22-,25-/m0/s1. The second-order valence-corrected chi connectivity index (χ2v) is 13.0. The number of fused-ring (bicyclic) bond motifs is 3. The normalized spacial score (nSPS) is 19.7. The quantitative estimate of drug-likeness (QED) is 0.216. The molecular formula is C31H34N6O2S. The zero-order valence-corrected chi connectivity index (χ0v) is 23.9. The van der Waals surface area contributed by atoms with Crippen molar-refractivity contribution in [3.63, 3.8) is 0 Å². The van der Waals surface area contributed by atoms with E-state index in [2.05, 4.69) is 61.7 Å². The summed E-state index contributed by atoms with van der Waals surface area (Å²) in [6.07, 6.45) is 7.69. The number of hydrogen-bond donors (Lipinski definition) is 3. The summed E-state index contributed by atoms with van der Waals surface area (Å²) in [5.74, 6) is 1.84. The van der Waals surface area contributed by atoms with Crippen LogP contribution in [0.25, 0.3) is 42.7 Å². The molecule has 5 heterocycles. The number of H-pyrrole nitrogens is 2. The van der Waals surface area contributed by atoms with Crippen molar-refractivity contribution >= 4 is 37.6 Å². The average Bonchev–Trinajstić information content (AvgIpc) is 3.76. The molecule has 0 radical (unpaired) electrons. The van der Waals surface area contributed by atoms with Crippen LogP contribution in [0.2, 0.25) is 0 Å². The average molecular weight is 555 g/mol. The number of aromatic nitrogens is 4. The van der Waals surface area contributed by atoms with Crippen LogP contribution in [0.3, 0.4) is 0 Å². The lowest BCUT2D eigenvalue weighted by atomic mass is 10.1. The van der Waals surface area contributed by atoms with E-state index in [1.807, 2.05) is 33.2 Å². The number of aromatic amines is 2. The fourth-order valence-corrected chi connectivity index (χ4v) is 7.12. The van der Waals surface area contributed by atoms with Crippen LogP contribution in [-0.4, -0.2) is 49.6 Å². The lowest BCUT2D eigenvalue weighted by molar-refractivity contribution is 0.0218. The summed E-state index contributed by atoms with van der Waals surface area (Å²) >= 11 is 1.80. The lowest BCUT2D eigenvalue weighted by Gasteiger charge is -2.27. The van der Waals surface area contributed by atoms with Gasteiger partial charge in [-0.15, -0.1) is 11.3 Å². The Bertz CT molecular complexity index is 1700. The maximum atomic E-state index is 12.8. The van der Waals surface area contributed by atoms with E-state index in [0.29, 0.717) is 12.6 Å². The van der Waals surface area contributed by atoms with Crippen LogP contribution in [0.15, 0.2) is 48.8 Å². The van der Waals surface area contributed by atoms with Gasteiger partial charge in [-0.3, -0.25) is 4.90 Å². The number of amides is 1. The van der Waals surface area contributed by atoms with E-state index in [1.165, 1.54) is 26.6 Å². The highest BCUT2D eigenvalue weighted by molar-refractivity contribution is 7.25. The van der Waals surface area contributed by atoms with Crippen molar-refractivity contribution < 1.29 is 9.53 Å². The van der Waals surface area contributed by atoms with Gasteiger partial charge in [0.2, 0.25) is 0 Å². The van der Waals surface area contributed by atoms with Gasteiger partial charge < -0.3 is 20.0 Å². The molecule has 0 unspecified atom stereocenters. The van der Waals surface area contributed by atoms with Crippen LogP contribution in [0.1, 0.15) is 70.2 Å². The third-order valence-electron chi connectivity index (χ3n) is 7.87. The largest absolute Gasteiger partial charge is 0.444 e. The van der Waals surface area contributed by atoms with Crippen LogP contribution in [0, 0.1) is 0 Å². The molecule has 7 rings (SSSR count). The Balaban J connectivity index is 1.15. The number of nitrogens with one attached hydrogen (secondary N) is 3. The summed E-state index contributed by atoms with van der Waals surface area (Å²) in [5, 5.41) is 6.03. The third kappa shape index (κ3) is 4.67. The number of ether oxygens (including phenoxy) is 1. The van der Waals surface area contributed by atoms with Gasteiger partial charge in [0.25, 0.3) is 0 Å². The number of thiophene rings is 1. The van der Waals surface area contributed by atoms with Gasteiger partial charge in [-0.25, -0.2) is 14.8 Å². The van der Waals surface area contributed by atoms with Crippen LogP contribution in [-0.2, 0) is 4.74 Å². The number of hydrogen-bond acceptors (Lipinski definition) is 6. The molecule has 2 fully saturated rings. The van der Waals surface area contributed by atoms with Crippen molar-refractivity contribution in [2.45, 2.75) is 64.1 Å². The SMILES string of the molecule is CC(C)(C)OC(=O)N1CCC[C@H]1c1ncc(-c2ccc3c(c2)sc2cc(-c4cnc([C@@H]5CCCN5)[nH]4)ccc23)[nH]1. The van der Waals surface area contributed by atoms with E-state index in [9.17, 15) is 4.79 Å². The number of rotatable bonds is 4. The van der Waals surface area contributed by atoms with Crippen molar-refractivity contribution in [1.29, 1.82) is 0 Å². The van der Waals surface area contributed by atoms with Crippen molar-refractivity contribution in [2.24, 2.45) is 0 Å². The van der Waals surface area contributed by atoms with Gasteiger partial charge in [-0.2, -0.15) is 0 Å². The van der Waals surface area contributed by atoms with Crippen LogP contribution in [0.4, 0.5) is 4.79 Å². The summed E-state index contributed by atoms with van der Waals surface area (Å²) in [7, 11) is 0. The number of carbonyl (C=O) groups excluding carboxylic acids is 1. The van der Waals surface area contributed by atoms with Gasteiger partial charge in [0, 0.05) is 37.8 Å². The van der Waals surface area contributed by atoms with Crippen LogP contribution in [0.5, 0.6) is 0 Å². The molecule has 0 bridgehead atoms. The molecular weight excluding hydrogens is 520 g/mol. The molecule has 3 N–H and O–H groups in total. The number of benzene rings is 2. The first-order chi connectivity index (χ1) is 19.3. The molecule has 2 aliphatic rings. The predicted molar refractivity (Wildman–Crippen MR) is 159 cm³/mol. The monoisotopic (exact) mass is 554 g/mol. The highest BCUT2D eigenvalue weighted by atomic mass is 32.1. The lowest BCUT2D eigenvalue weighted by Crippen LogP contribution is -2.36. The van der Waals surface area contributed by atoms with Gasteiger partial charge in [0.15, 0.2) is 0 Å². The Morgan fingerprint density at radius 3 is 2.20 bits per heavy atom. The van der Waals surface area contributed by atoms with Crippen molar-refractivity contribution in [3.8, 4) is 22.5 Å². The molecule has 2 aromatic carbocycles. The first-order valence-corrected chi connectivity index (χ1v) is 14.9. The number of carbonyl (C=O) groups is 1. The zero-order valence-electron chi connectivity index (χ0n) is 23.1. The third-order valence-corrected chi connectivity index (χ3v) is 8.99. The smallest absolute Gasteiger partial charge is 0.410 e. The summed E-state index contributed by atoms with van der Waals surface area (Å²) in [4.78, 5) is 31.0. The molecule has 9 heteroatoms. The summed E-state index contributed by atoms with van der Waals surface area (Å²) in [6, 6.07) is 13.5. The van der Waals surface area contributed by atoms with Gasteiger partial charge in [-0.05, 0) is 65.1 Å². The molecule has 0 aliphatic carbocycles. The van der Waals surface area contributed by atoms with Crippen molar-refractivity contribution in [2.75, 3.05) is 13.1 Å². The number of nitrogens with zero attached hydrogens (tertiary/aromatic N) is 3. The summed E-state index contributed by atoms with van der Waals surface area (Å²) in [6.45, 7) is 7.43. The molecule has 2 aliphatic heterocycles. The minimum absolute atomic E-state index is 0.0949. The molecule has 8 nitrogen and oxygen atoms in total. The first kappa shape index (κ1) is 25.3. The highest BCUT2D eigenvalue weighted by Crippen LogP contribution is 2.39. The van der Waals surface area contributed by atoms with E-state index < -0.39 is 5.60 Å². The number of likely N-dealkylation sites (tertiary alicyclic amines) is 1. The van der Waals surface area contributed by atoms with Crippen molar-refractivity contribution in [1.82, 2.24) is 30.2 Å². The van der Waals surface area contributed by atoms with Gasteiger partial charge >= 0.3 is 6.09 Å². The molecule has 3 aromatic heterocycles. The fraction of sp³-hybridized carbons (Fsp3) is 0.387. The van der Waals surface area contributed by atoms with Crippen LogP contribution < -0.4 is 5.32 Å². The van der Waals surface area contributed by atoms with E-state index >= 15 is 0 Å². The summed E-state index contributed by atoms with van der Waals surface area (Å²) in [5.41, 5.74) is 3.73. The minimum atomic E-state index is -0.521. The molecule has 0 spiro atoms. The number of imidazole rings is 2. The topological polar surface area (TPSA) is 98.9 Å². The van der Waals surface area contributed by atoms with Gasteiger partial charge in [0.05, 0.1) is 35.9 Å². The molecule has 206 valence electrons. The molecule has 2 saturated heterocycles. The Morgan fingerprint density at radius 2 is 1.57 bits per heavy atom. The van der Waals surface area contributed by atoms with E-state index in [4.69, 9.17) is 4.74 Å². The van der Waals surface area contributed by atoms with Crippen LogP contribution >= 0.6 is 11.3 Å². The van der Waals surface area contributed by atoms with Crippen molar-refractivity contribution in [3.05, 3.63) is 60.4 Å². The maximum Gasteiger partial charge on any atom is 0.410 e. The maximum absolute atomic E-state index is 12.8. The second-order valence-electron chi connectivity index (χ2n) is 11.9. The minimum Gasteiger partial charge on any atom is -0.444 e. The van der Waals surface area contributed by atoms with E-state index in [-0.39, 0.29) is 12.1 Å². The Morgan fingerprint density at radius 1 is 0.925 bits per heavy atom. The molecule has 0 saturated carbocycles. The van der Waals surface area contributed by atoms with Gasteiger partial charge in [-0.1, -0.05) is 24.3 Å². The van der Waals surface area contributed by atoms with E-state index in [0.717, 1.165) is 60.0 Å². The predicted octanol–water partition coefficient (Wildman–Crippen LogP) is 7.33. The molecule has 2 atom stereocenters. The molecule has 40 heavy (non-hydrogen) atoms. The Hall–Kier alpha value is -3.69. The highest BCUT2D eigenvalue weighted by Gasteiger charge is 2.34. The van der Waals surface area contributed by atoms with Gasteiger partial charge in [0.1, 0.15) is 17.2 Å². The first-order valence-electron chi connectivity index (χ1n) is 14.1. The molecule has 1 amide bonds. The molecule has 5 aromatic rings.